The third-order valence-corrected chi connectivity index (χ3v) is 7.65. The molecule has 1 N–H and O–H groups in total. The third-order valence-electron chi connectivity index (χ3n) is 4.19. The van der Waals surface area contributed by atoms with E-state index in [1.54, 1.807) is 36.4 Å². The molecule has 1 aliphatic rings. The fourth-order valence-electron chi connectivity index (χ4n) is 2.87. The fraction of sp³-hybridized carbons (Fsp3) is 0.316. The summed E-state index contributed by atoms with van der Waals surface area (Å²) < 4.78 is 27.2. The molecular formula is C19H20N2O3S2. The molecule has 1 aliphatic heterocycles. The number of hydrogen-bond acceptors (Lipinski definition) is 4. The lowest BCUT2D eigenvalue weighted by molar-refractivity contribution is -0.115. The summed E-state index contributed by atoms with van der Waals surface area (Å²) in [5.41, 5.74) is 1.32. The lowest BCUT2D eigenvalue weighted by Gasteiger charge is -2.25. The second kappa shape index (κ2) is 8.04. The number of carbonyl (C=O) groups is 1. The predicted molar refractivity (Wildman–Crippen MR) is 104 cm³/mol. The van der Waals surface area contributed by atoms with Crippen molar-refractivity contribution in [1.29, 1.82) is 0 Å². The fourth-order valence-corrected chi connectivity index (χ4v) is 5.90. The van der Waals surface area contributed by atoms with Gasteiger partial charge in [-0.3, -0.25) is 4.79 Å². The molecule has 1 aromatic heterocycles. The van der Waals surface area contributed by atoms with Gasteiger partial charge in [-0.1, -0.05) is 18.4 Å². The van der Waals surface area contributed by atoms with E-state index >= 15 is 0 Å². The van der Waals surface area contributed by atoms with E-state index < -0.39 is 10.0 Å². The Bertz CT molecular complexity index is 936. The Labute approximate surface area is 158 Å². The van der Waals surface area contributed by atoms with Crippen molar-refractivity contribution in [2.75, 3.05) is 18.4 Å². The number of nitrogens with one attached hydrogen (secondary N) is 1. The molecule has 136 valence electrons. The topological polar surface area (TPSA) is 66.5 Å². The van der Waals surface area contributed by atoms with Gasteiger partial charge in [0.2, 0.25) is 5.91 Å². The summed E-state index contributed by atoms with van der Waals surface area (Å²) in [7, 11) is -3.45. The molecule has 1 aromatic carbocycles. The Balaban J connectivity index is 1.66. The van der Waals surface area contributed by atoms with Crippen molar-refractivity contribution < 1.29 is 13.2 Å². The number of anilines is 1. The van der Waals surface area contributed by atoms with Crippen LogP contribution >= 0.6 is 11.3 Å². The summed E-state index contributed by atoms with van der Waals surface area (Å²) in [6.07, 6.45) is 8.35. The summed E-state index contributed by atoms with van der Waals surface area (Å²) in [5, 5.41) is 2.79. The minimum atomic E-state index is -3.45. The molecule has 2 heterocycles. The Morgan fingerprint density at radius 1 is 1.19 bits per heavy atom. The molecule has 2 aromatic rings. The van der Waals surface area contributed by atoms with Crippen LogP contribution < -0.4 is 5.32 Å². The number of hydrogen-bond donors (Lipinski definition) is 1. The van der Waals surface area contributed by atoms with E-state index in [1.807, 2.05) is 0 Å². The second-order valence-corrected chi connectivity index (χ2v) is 9.47. The molecule has 1 fully saturated rings. The molecule has 3 rings (SSSR count). The molecule has 0 spiro atoms. The van der Waals surface area contributed by atoms with Gasteiger partial charge in [0.1, 0.15) is 4.21 Å². The lowest BCUT2D eigenvalue weighted by Crippen LogP contribution is -2.35. The van der Waals surface area contributed by atoms with E-state index in [9.17, 15) is 13.2 Å². The van der Waals surface area contributed by atoms with Crippen LogP contribution in [-0.4, -0.2) is 31.7 Å². The normalized spacial score (nSPS) is 15.3. The minimum absolute atomic E-state index is 0.125. The quantitative estimate of drug-likeness (QED) is 0.801. The highest BCUT2D eigenvalue weighted by molar-refractivity contribution is 7.91. The minimum Gasteiger partial charge on any atom is -0.326 e. The second-order valence-electron chi connectivity index (χ2n) is 6.14. The number of sulfonamides is 1. The van der Waals surface area contributed by atoms with E-state index in [0.29, 0.717) is 33.4 Å². The zero-order valence-corrected chi connectivity index (χ0v) is 15.9. The van der Waals surface area contributed by atoms with E-state index in [4.69, 9.17) is 6.42 Å². The highest BCUT2D eigenvalue weighted by Gasteiger charge is 2.27. The number of rotatable bonds is 5. The molecular weight excluding hydrogens is 368 g/mol. The largest absolute Gasteiger partial charge is 0.326 e. The third kappa shape index (κ3) is 4.33. The molecule has 0 radical (unpaired) electrons. The first-order chi connectivity index (χ1) is 12.5. The first kappa shape index (κ1) is 18.6. The molecule has 26 heavy (non-hydrogen) atoms. The average Bonchev–Trinajstić information content (AvgIpc) is 3.11. The van der Waals surface area contributed by atoms with Crippen LogP contribution in [-0.2, 0) is 21.2 Å². The predicted octanol–water partition coefficient (Wildman–Crippen LogP) is 3.09. The van der Waals surface area contributed by atoms with Crippen molar-refractivity contribution in [3.8, 4) is 12.3 Å². The number of carbonyl (C=O) groups excluding carboxylic acids is 1. The van der Waals surface area contributed by atoms with Crippen LogP contribution in [0.3, 0.4) is 0 Å². The maximum atomic E-state index is 12.7. The van der Waals surface area contributed by atoms with Crippen molar-refractivity contribution >= 4 is 33.0 Å². The van der Waals surface area contributed by atoms with Gasteiger partial charge in [0.15, 0.2) is 0 Å². The maximum absolute atomic E-state index is 12.7. The van der Waals surface area contributed by atoms with Crippen molar-refractivity contribution in [2.45, 2.75) is 29.9 Å². The number of piperidine rings is 1. The van der Waals surface area contributed by atoms with Gasteiger partial charge in [-0.2, -0.15) is 4.31 Å². The highest BCUT2D eigenvalue weighted by atomic mass is 32.2. The van der Waals surface area contributed by atoms with Crippen LogP contribution in [0, 0.1) is 12.3 Å². The van der Waals surface area contributed by atoms with E-state index in [0.717, 1.165) is 30.6 Å². The summed E-state index contributed by atoms with van der Waals surface area (Å²) in [6, 6.07) is 10.3. The van der Waals surface area contributed by atoms with E-state index in [1.165, 1.54) is 4.31 Å². The van der Waals surface area contributed by atoms with E-state index in [2.05, 4.69) is 11.2 Å². The average molecular weight is 389 g/mol. The molecule has 0 aliphatic carbocycles. The molecule has 0 saturated carbocycles. The molecule has 0 atom stereocenters. The van der Waals surface area contributed by atoms with Crippen LogP contribution in [0.25, 0.3) is 0 Å². The van der Waals surface area contributed by atoms with Crippen LogP contribution in [0.5, 0.6) is 0 Å². The van der Waals surface area contributed by atoms with Crippen molar-refractivity contribution in [3.63, 3.8) is 0 Å². The number of terminal acetylenes is 1. The van der Waals surface area contributed by atoms with Crippen molar-refractivity contribution in [3.05, 3.63) is 46.8 Å². The van der Waals surface area contributed by atoms with Gasteiger partial charge in [0.25, 0.3) is 10.0 Å². The molecule has 0 bridgehead atoms. The molecule has 1 amide bonds. The molecule has 0 unspecified atom stereocenters. The van der Waals surface area contributed by atoms with Crippen LogP contribution in [0.4, 0.5) is 5.69 Å². The molecule has 7 heteroatoms. The smallest absolute Gasteiger partial charge is 0.252 e. The Kier molecular flexibility index (Phi) is 5.77. The SMILES string of the molecule is C#Cc1cccc(NC(=O)Cc2ccc(S(=O)(=O)N3CCCCC3)s2)c1. The number of amides is 1. The zero-order valence-electron chi connectivity index (χ0n) is 14.3. The highest BCUT2D eigenvalue weighted by Crippen LogP contribution is 2.27. The van der Waals surface area contributed by atoms with Gasteiger partial charge < -0.3 is 5.32 Å². The van der Waals surface area contributed by atoms with Crippen LogP contribution in [0.15, 0.2) is 40.6 Å². The van der Waals surface area contributed by atoms with Gasteiger partial charge in [-0.25, -0.2) is 8.42 Å². The molecule has 5 nitrogen and oxygen atoms in total. The number of benzene rings is 1. The standard InChI is InChI=1S/C19H20N2O3S2/c1-2-15-7-6-8-16(13-15)20-18(22)14-17-9-10-19(25-17)26(23,24)21-11-4-3-5-12-21/h1,6-10,13H,3-5,11-12,14H2,(H,20,22). The van der Waals surface area contributed by atoms with Gasteiger partial charge in [0.05, 0.1) is 6.42 Å². The Morgan fingerprint density at radius 2 is 1.96 bits per heavy atom. The first-order valence-corrected chi connectivity index (χ1v) is 10.7. The van der Waals surface area contributed by atoms with Gasteiger partial charge in [-0.05, 0) is 43.2 Å². The maximum Gasteiger partial charge on any atom is 0.252 e. The van der Waals surface area contributed by atoms with Crippen LogP contribution in [0.2, 0.25) is 0 Å². The lowest BCUT2D eigenvalue weighted by atomic mass is 10.2. The van der Waals surface area contributed by atoms with E-state index in [-0.39, 0.29) is 12.3 Å². The molecule has 1 saturated heterocycles. The van der Waals surface area contributed by atoms with Gasteiger partial charge in [0, 0.05) is 29.2 Å². The van der Waals surface area contributed by atoms with Crippen molar-refractivity contribution in [1.82, 2.24) is 4.31 Å². The van der Waals surface area contributed by atoms with Crippen LogP contribution in [0.1, 0.15) is 29.7 Å². The Hall–Kier alpha value is -2.14. The zero-order chi connectivity index (χ0) is 18.6. The summed E-state index contributed by atoms with van der Waals surface area (Å²) in [5.74, 6) is 2.32. The summed E-state index contributed by atoms with van der Waals surface area (Å²) in [4.78, 5) is 12.9. The van der Waals surface area contributed by atoms with Gasteiger partial charge in [-0.15, -0.1) is 17.8 Å². The van der Waals surface area contributed by atoms with Crippen molar-refractivity contribution in [2.24, 2.45) is 0 Å². The monoisotopic (exact) mass is 388 g/mol. The van der Waals surface area contributed by atoms with Gasteiger partial charge >= 0.3 is 0 Å². The first-order valence-electron chi connectivity index (χ1n) is 8.44. The summed E-state index contributed by atoms with van der Waals surface area (Å²) >= 11 is 1.16. The summed E-state index contributed by atoms with van der Waals surface area (Å²) in [6.45, 7) is 1.14. The Morgan fingerprint density at radius 3 is 2.69 bits per heavy atom. The number of nitrogens with zero attached hydrogens (tertiary/aromatic N) is 1. The number of thiophene rings is 1.